The van der Waals surface area contributed by atoms with Crippen LogP contribution in [-0.4, -0.2) is 18.7 Å². The Labute approximate surface area is 170 Å². The van der Waals surface area contributed by atoms with Crippen molar-refractivity contribution in [3.63, 3.8) is 0 Å². The van der Waals surface area contributed by atoms with Crippen molar-refractivity contribution in [3.8, 4) is 11.5 Å². The number of hydrazone groups is 1. The van der Waals surface area contributed by atoms with Crippen LogP contribution in [0.1, 0.15) is 21.5 Å². The Morgan fingerprint density at radius 1 is 0.931 bits per heavy atom. The summed E-state index contributed by atoms with van der Waals surface area (Å²) >= 11 is 0. The highest BCUT2D eigenvalue weighted by Gasteiger charge is 2.10. The molecule has 0 radical (unpaired) electrons. The molecule has 0 aromatic heterocycles. The van der Waals surface area contributed by atoms with Gasteiger partial charge in [0, 0.05) is 0 Å². The topological polar surface area (TPSA) is 59.9 Å². The molecule has 0 fully saturated rings. The van der Waals surface area contributed by atoms with E-state index >= 15 is 0 Å². The first kappa shape index (κ1) is 19.9. The van der Waals surface area contributed by atoms with E-state index in [-0.39, 0.29) is 5.91 Å². The molecule has 0 atom stereocenters. The lowest BCUT2D eigenvalue weighted by atomic mass is 10.2. The quantitative estimate of drug-likeness (QED) is 0.332. The third-order valence-corrected chi connectivity index (χ3v) is 4.00. The molecule has 0 bridgehead atoms. The second-order valence-electron chi connectivity index (χ2n) is 6.14. The van der Waals surface area contributed by atoms with Crippen molar-refractivity contribution in [1.29, 1.82) is 0 Å². The van der Waals surface area contributed by atoms with Crippen LogP contribution in [0.15, 0.2) is 96.6 Å². The van der Waals surface area contributed by atoms with E-state index in [1.807, 2.05) is 54.6 Å². The normalized spacial score (nSPS) is 10.5. The molecule has 0 aliphatic rings. The fourth-order valence-corrected chi connectivity index (χ4v) is 2.55. The van der Waals surface area contributed by atoms with Gasteiger partial charge >= 0.3 is 0 Å². The minimum atomic E-state index is -0.344. The molecule has 0 saturated heterocycles. The van der Waals surface area contributed by atoms with E-state index in [9.17, 15) is 4.79 Å². The number of rotatable bonds is 9. The van der Waals surface area contributed by atoms with E-state index in [0.29, 0.717) is 24.5 Å². The Morgan fingerprint density at radius 3 is 2.41 bits per heavy atom. The van der Waals surface area contributed by atoms with Gasteiger partial charge in [-0.25, -0.2) is 5.43 Å². The number of nitrogens with zero attached hydrogens (tertiary/aromatic N) is 1. The third kappa shape index (κ3) is 6.07. The summed E-state index contributed by atoms with van der Waals surface area (Å²) in [5, 5.41) is 4.02. The summed E-state index contributed by atoms with van der Waals surface area (Å²) in [7, 11) is 0. The average molecular weight is 386 g/mol. The maximum atomic E-state index is 12.3. The second kappa shape index (κ2) is 10.5. The number of carbonyl (C=O) groups is 1. The minimum Gasteiger partial charge on any atom is -0.489 e. The summed E-state index contributed by atoms with van der Waals surface area (Å²) in [4.78, 5) is 12.3. The van der Waals surface area contributed by atoms with Gasteiger partial charge in [0.1, 0.15) is 24.7 Å². The van der Waals surface area contributed by atoms with Crippen LogP contribution in [0.3, 0.4) is 0 Å². The Bertz CT molecular complexity index is 967. The van der Waals surface area contributed by atoms with Crippen LogP contribution in [0.4, 0.5) is 0 Å². The van der Waals surface area contributed by atoms with Gasteiger partial charge in [-0.1, -0.05) is 55.1 Å². The van der Waals surface area contributed by atoms with Gasteiger partial charge in [-0.15, -0.1) is 0 Å². The largest absolute Gasteiger partial charge is 0.489 e. The molecule has 0 heterocycles. The van der Waals surface area contributed by atoms with Gasteiger partial charge in [0.2, 0.25) is 0 Å². The first-order valence-corrected chi connectivity index (χ1v) is 9.19. The van der Waals surface area contributed by atoms with Crippen molar-refractivity contribution < 1.29 is 14.3 Å². The molecule has 1 amide bonds. The monoisotopic (exact) mass is 386 g/mol. The second-order valence-corrected chi connectivity index (χ2v) is 6.14. The number of nitrogens with one attached hydrogen (secondary N) is 1. The first-order chi connectivity index (χ1) is 14.3. The molecule has 0 spiro atoms. The molecule has 5 heteroatoms. The van der Waals surface area contributed by atoms with Crippen LogP contribution < -0.4 is 14.9 Å². The fourth-order valence-electron chi connectivity index (χ4n) is 2.55. The van der Waals surface area contributed by atoms with Gasteiger partial charge in [0.15, 0.2) is 0 Å². The Balaban J connectivity index is 1.54. The number of carbonyl (C=O) groups excluding carboxylic acids is 1. The maximum absolute atomic E-state index is 12.3. The number of hydrogen-bond acceptors (Lipinski definition) is 4. The molecule has 3 rings (SSSR count). The molecule has 0 unspecified atom stereocenters. The number of hydrogen-bond donors (Lipinski definition) is 1. The predicted molar refractivity (Wildman–Crippen MR) is 114 cm³/mol. The predicted octanol–water partition coefficient (Wildman–Crippen LogP) is 4.59. The molecule has 0 aliphatic heterocycles. The Hall–Kier alpha value is -3.86. The molecular formula is C24H22N2O3. The minimum absolute atomic E-state index is 0.326. The third-order valence-electron chi connectivity index (χ3n) is 4.00. The van der Waals surface area contributed by atoms with Crippen LogP contribution in [0.25, 0.3) is 0 Å². The molecule has 3 aromatic carbocycles. The fraction of sp³-hybridized carbons (Fsp3) is 0.0833. The summed E-state index contributed by atoms with van der Waals surface area (Å²) in [5.41, 5.74) is 4.88. The summed E-state index contributed by atoms with van der Waals surface area (Å²) in [6, 6.07) is 24.4. The zero-order chi connectivity index (χ0) is 20.3. The van der Waals surface area contributed by atoms with E-state index < -0.39 is 0 Å². The molecule has 0 aliphatic carbocycles. The smallest absolute Gasteiger partial charge is 0.275 e. The molecule has 29 heavy (non-hydrogen) atoms. The number of para-hydroxylation sites is 1. The van der Waals surface area contributed by atoms with Crippen LogP contribution in [0.5, 0.6) is 11.5 Å². The van der Waals surface area contributed by atoms with Crippen LogP contribution in [0, 0.1) is 0 Å². The van der Waals surface area contributed by atoms with Gasteiger partial charge in [0.05, 0.1) is 11.8 Å². The molecular weight excluding hydrogens is 364 g/mol. The number of amides is 1. The zero-order valence-corrected chi connectivity index (χ0v) is 16.0. The summed E-state index contributed by atoms with van der Waals surface area (Å²) < 4.78 is 11.3. The molecule has 1 N–H and O–H groups in total. The summed E-state index contributed by atoms with van der Waals surface area (Å²) in [6.07, 6.45) is 3.20. The first-order valence-electron chi connectivity index (χ1n) is 9.19. The van der Waals surface area contributed by atoms with Gasteiger partial charge in [-0.3, -0.25) is 4.79 Å². The van der Waals surface area contributed by atoms with Crippen LogP contribution >= 0.6 is 0 Å². The van der Waals surface area contributed by atoms with E-state index in [4.69, 9.17) is 9.47 Å². The van der Waals surface area contributed by atoms with Crippen molar-refractivity contribution in [1.82, 2.24) is 5.43 Å². The molecule has 146 valence electrons. The Morgan fingerprint density at radius 2 is 1.66 bits per heavy atom. The van der Waals surface area contributed by atoms with Crippen LogP contribution in [-0.2, 0) is 6.61 Å². The number of ether oxygens (including phenoxy) is 2. The highest BCUT2D eigenvalue weighted by Crippen LogP contribution is 2.18. The molecule has 5 nitrogen and oxygen atoms in total. The summed E-state index contributed by atoms with van der Waals surface area (Å²) in [5.74, 6) is 0.909. The molecule has 0 saturated carbocycles. The van der Waals surface area contributed by atoms with Crippen LogP contribution in [0.2, 0.25) is 0 Å². The highest BCUT2D eigenvalue weighted by molar-refractivity contribution is 5.97. The van der Waals surface area contributed by atoms with E-state index in [2.05, 4.69) is 17.1 Å². The van der Waals surface area contributed by atoms with Gasteiger partial charge in [-0.2, -0.15) is 5.10 Å². The maximum Gasteiger partial charge on any atom is 0.275 e. The standard InChI is InChI=1S/C24H22N2O3/c1-2-16-28-23-11-7-6-10-22(23)24(27)26-25-17-19-12-14-21(15-13-19)29-18-20-8-4-3-5-9-20/h2-15,17H,1,16,18H2,(H,26,27)/b25-17+. The van der Waals surface area contributed by atoms with Gasteiger partial charge in [-0.05, 0) is 47.5 Å². The van der Waals surface area contributed by atoms with E-state index in [1.165, 1.54) is 0 Å². The van der Waals surface area contributed by atoms with Crippen molar-refractivity contribution in [2.75, 3.05) is 6.61 Å². The highest BCUT2D eigenvalue weighted by atomic mass is 16.5. The summed E-state index contributed by atoms with van der Waals surface area (Å²) in [6.45, 7) is 4.45. The van der Waals surface area contributed by atoms with Crippen molar-refractivity contribution >= 4 is 12.1 Å². The van der Waals surface area contributed by atoms with Gasteiger partial charge < -0.3 is 9.47 Å². The lowest BCUT2D eigenvalue weighted by molar-refractivity contribution is 0.0951. The SMILES string of the molecule is C=CCOc1ccccc1C(=O)N/N=C/c1ccc(OCc2ccccc2)cc1. The zero-order valence-electron chi connectivity index (χ0n) is 16.0. The lowest BCUT2D eigenvalue weighted by Gasteiger charge is -2.08. The lowest BCUT2D eigenvalue weighted by Crippen LogP contribution is -2.18. The number of benzene rings is 3. The van der Waals surface area contributed by atoms with Gasteiger partial charge in [0.25, 0.3) is 5.91 Å². The van der Waals surface area contributed by atoms with Crippen molar-refractivity contribution in [3.05, 3.63) is 108 Å². The van der Waals surface area contributed by atoms with E-state index in [1.54, 1.807) is 36.6 Å². The van der Waals surface area contributed by atoms with Crippen molar-refractivity contribution in [2.45, 2.75) is 6.61 Å². The van der Waals surface area contributed by atoms with Crippen molar-refractivity contribution in [2.24, 2.45) is 5.10 Å². The Kier molecular flexibility index (Phi) is 7.18. The molecule has 3 aromatic rings. The average Bonchev–Trinajstić information content (AvgIpc) is 2.78. The van der Waals surface area contributed by atoms with E-state index in [0.717, 1.165) is 16.9 Å².